The SMILES string of the molecule is CC1CC(C)CN(C(=O)c2ccccc2NC(=O)CCN2C(=O)COc3ccccc32)C1. The lowest BCUT2D eigenvalue weighted by molar-refractivity contribution is -0.121. The van der Waals surface area contributed by atoms with Crippen LogP contribution in [0.2, 0.25) is 0 Å². The van der Waals surface area contributed by atoms with Gasteiger partial charge in [-0.05, 0) is 42.5 Å². The lowest BCUT2D eigenvalue weighted by Gasteiger charge is -2.35. The molecule has 0 bridgehead atoms. The molecule has 4 rings (SSSR count). The van der Waals surface area contributed by atoms with Crippen LogP contribution in [0.5, 0.6) is 5.75 Å². The number of hydrogen-bond donors (Lipinski definition) is 1. The van der Waals surface area contributed by atoms with Gasteiger partial charge in [0.25, 0.3) is 11.8 Å². The molecule has 0 spiro atoms. The molecule has 2 aliphatic rings. The van der Waals surface area contributed by atoms with Gasteiger partial charge < -0.3 is 19.9 Å². The molecule has 2 aliphatic heterocycles. The molecule has 2 unspecified atom stereocenters. The normalized spacial score (nSPS) is 20.4. The van der Waals surface area contributed by atoms with Crippen molar-refractivity contribution < 1.29 is 19.1 Å². The van der Waals surface area contributed by atoms with E-state index < -0.39 is 0 Å². The zero-order valence-corrected chi connectivity index (χ0v) is 18.5. The van der Waals surface area contributed by atoms with Gasteiger partial charge in [0, 0.05) is 26.1 Å². The molecule has 168 valence electrons. The number of amides is 3. The van der Waals surface area contributed by atoms with Crippen LogP contribution < -0.4 is 15.0 Å². The van der Waals surface area contributed by atoms with Gasteiger partial charge in [-0.3, -0.25) is 14.4 Å². The Balaban J connectivity index is 1.42. The van der Waals surface area contributed by atoms with Crippen LogP contribution in [0.1, 0.15) is 37.0 Å². The Morgan fingerprint density at radius 1 is 1.03 bits per heavy atom. The van der Waals surface area contributed by atoms with Crippen molar-refractivity contribution in [3.63, 3.8) is 0 Å². The molecule has 0 aliphatic carbocycles. The number of fused-ring (bicyclic) bond motifs is 1. The van der Waals surface area contributed by atoms with Crippen molar-refractivity contribution in [3.8, 4) is 5.75 Å². The predicted octanol–water partition coefficient (Wildman–Crippen LogP) is 3.56. The molecule has 7 nitrogen and oxygen atoms in total. The number of piperidine rings is 1. The first-order chi connectivity index (χ1) is 15.4. The summed E-state index contributed by atoms with van der Waals surface area (Å²) in [6, 6.07) is 14.4. The Bertz CT molecular complexity index is 1010. The number of hydrogen-bond acceptors (Lipinski definition) is 4. The van der Waals surface area contributed by atoms with Crippen LogP contribution in [0, 0.1) is 11.8 Å². The molecule has 2 atom stereocenters. The second-order valence-corrected chi connectivity index (χ2v) is 8.80. The zero-order chi connectivity index (χ0) is 22.7. The largest absolute Gasteiger partial charge is 0.482 e. The van der Waals surface area contributed by atoms with E-state index in [1.807, 2.05) is 23.1 Å². The van der Waals surface area contributed by atoms with E-state index in [4.69, 9.17) is 4.74 Å². The molecular formula is C25H29N3O4. The van der Waals surface area contributed by atoms with Crippen LogP contribution in [0.4, 0.5) is 11.4 Å². The van der Waals surface area contributed by atoms with Crippen LogP contribution in [0.15, 0.2) is 48.5 Å². The maximum Gasteiger partial charge on any atom is 0.265 e. The fourth-order valence-corrected chi connectivity index (χ4v) is 4.60. The van der Waals surface area contributed by atoms with Crippen LogP contribution >= 0.6 is 0 Å². The van der Waals surface area contributed by atoms with Gasteiger partial charge in [0.15, 0.2) is 6.61 Å². The van der Waals surface area contributed by atoms with Crippen molar-refractivity contribution in [2.24, 2.45) is 11.8 Å². The molecule has 0 radical (unpaired) electrons. The number of carbonyl (C=O) groups excluding carboxylic acids is 3. The third-order valence-corrected chi connectivity index (χ3v) is 5.96. The van der Waals surface area contributed by atoms with E-state index in [1.165, 1.54) is 0 Å². The Morgan fingerprint density at radius 3 is 2.50 bits per heavy atom. The summed E-state index contributed by atoms with van der Waals surface area (Å²) in [4.78, 5) is 41.7. The Kier molecular flexibility index (Phi) is 6.44. The number of para-hydroxylation sites is 3. The number of likely N-dealkylation sites (tertiary alicyclic amines) is 1. The van der Waals surface area contributed by atoms with Gasteiger partial charge in [0.05, 0.1) is 16.9 Å². The summed E-state index contributed by atoms with van der Waals surface area (Å²) < 4.78 is 5.45. The van der Waals surface area contributed by atoms with Crippen molar-refractivity contribution in [2.45, 2.75) is 26.7 Å². The number of nitrogens with one attached hydrogen (secondary N) is 1. The fraction of sp³-hybridized carbons (Fsp3) is 0.400. The average Bonchev–Trinajstić information content (AvgIpc) is 2.77. The highest BCUT2D eigenvalue weighted by molar-refractivity contribution is 6.04. The molecule has 0 saturated carbocycles. The summed E-state index contributed by atoms with van der Waals surface area (Å²) in [7, 11) is 0. The van der Waals surface area contributed by atoms with Gasteiger partial charge in [-0.2, -0.15) is 0 Å². The molecule has 2 aromatic rings. The third kappa shape index (κ3) is 4.77. The Hall–Kier alpha value is -3.35. The first kappa shape index (κ1) is 21.9. The number of benzene rings is 2. The summed E-state index contributed by atoms with van der Waals surface area (Å²) in [5.74, 6) is 1.06. The molecule has 0 aromatic heterocycles. The van der Waals surface area contributed by atoms with Gasteiger partial charge in [0.2, 0.25) is 5.91 Å². The minimum absolute atomic E-state index is 0.0390. The number of rotatable bonds is 5. The Morgan fingerprint density at radius 2 is 1.72 bits per heavy atom. The molecule has 1 fully saturated rings. The topological polar surface area (TPSA) is 79.0 Å². The summed E-state index contributed by atoms with van der Waals surface area (Å²) in [5.41, 5.74) is 1.66. The number of carbonyl (C=O) groups is 3. The van der Waals surface area contributed by atoms with E-state index in [1.54, 1.807) is 35.2 Å². The fourth-order valence-electron chi connectivity index (χ4n) is 4.60. The van der Waals surface area contributed by atoms with E-state index >= 15 is 0 Å². The van der Waals surface area contributed by atoms with Crippen molar-refractivity contribution in [3.05, 3.63) is 54.1 Å². The summed E-state index contributed by atoms with van der Waals surface area (Å²) in [6.07, 6.45) is 1.23. The van der Waals surface area contributed by atoms with Crippen LogP contribution in [0.3, 0.4) is 0 Å². The quantitative estimate of drug-likeness (QED) is 0.779. The van der Waals surface area contributed by atoms with Crippen LogP contribution in [0.25, 0.3) is 0 Å². The van der Waals surface area contributed by atoms with Crippen molar-refractivity contribution in [1.82, 2.24) is 4.90 Å². The first-order valence-electron chi connectivity index (χ1n) is 11.1. The van der Waals surface area contributed by atoms with E-state index in [-0.39, 0.29) is 37.3 Å². The van der Waals surface area contributed by atoms with Crippen molar-refractivity contribution in [1.29, 1.82) is 0 Å². The molecule has 7 heteroatoms. The van der Waals surface area contributed by atoms with Crippen LogP contribution in [-0.2, 0) is 9.59 Å². The standard InChI is InChI=1S/C25H29N3O4/c1-17-13-18(2)15-27(14-17)25(31)19-7-3-4-8-20(19)26-23(29)11-12-28-21-9-5-6-10-22(21)32-16-24(28)30/h3-10,17-18H,11-16H2,1-2H3,(H,26,29). The number of anilines is 2. The number of ether oxygens (including phenoxy) is 1. The summed E-state index contributed by atoms with van der Waals surface area (Å²) in [6.45, 7) is 5.97. The highest BCUT2D eigenvalue weighted by atomic mass is 16.5. The second-order valence-electron chi connectivity index (χ2n) is 8.80. The highest BCUT2D eigenvalue weighted by Crippen LogP contribution is 2.31. The lowest BCUT2D eigenvalue weighted by atomic mass is 9.91. The van der Waals surface area contributed by atoms with Crippen LogP contribution in [-0.4, -0.2) is 48.9 Å². The molecule has 1 saturated heterocycles. The van der Waals surface area contributed by atoms with E-state index in [0.717, 1.165) is 19.5 Å². The lowest BCUT2D eigenvalue weighted by Crippen LogP contribution is -2.43. The van der Waals surface area contributed by atoms with Gasteiger partial charge in [-0.1, -0.05) is 38.1 Å². The average molecular weight is 436 g/mol. The molecule has 3 amide bonds. The van der Waals surface area contributed by atoms with Crippen molar-refractivity contribution >= 4 is 29.1 Å². The van der Waals surface area contributed by atoms with E-state index in [9.17, 15) is 14.4 Å². The zero-order valence-electron chi connectivity index (χ0n) is 18.5. The molecule has 2 aromatic carbocycles. The smallest absolute Gasteiger partial charge is 0.265 e. The molecule has 32 heavy (non-hydrogen) atoms. The van der Waals surface area contributed by atoms with E-state index in [2.05, 4.69) is 19.2 Å². The maximum atomic E-state index is 13.2. The van der Waals surface area contributed by atoms with Gasteiger partial charge in [-0.15, -0.1) is 0 Å². The van der Waals surface area contributed by atoms with Gasteiger partial charge >= 0.3 is 0 Å². The minimum Gasteiger partial charge on any atom is -0.482 e. The third-order valence-electron chi connectivity index (χ3n) is 5.96. The number of nitrogens with zero attached hydrogens (tertiary/aromatic N) is 2. The van der Waals surface area contributed by atoms with Gasteiger partial charge in [-0.25, -0.2) is 0 Å². The molecule has 2 heterocycles. The first-order valence-corrected chi connectivity index (χ1v) is 11.1. The summed E-state index contributed by atoms with van der Waals surface area (Å²) in [5, 5.41) is 2.88. The maximum absolute atomic E-state index is 13.2. The van der Waals surface area contributed by atoms with Gasteiger partial charge in [0.1, 0.15) is 5.75 Å². The minimum atomic E-state index is -0.248. The van der Waals surface area contributed by atoms with Crippen molar-refractivity contribution in [2.75, 3.05) is 36.5 Å². The van der Waals surface area contributed by atoms with E-state index in [0.29, 0.717) is 34.5 Å². The highest BCUT2D eigenvalue weighted by Gasteiger charge is 2.28. The monoisotopic (exact) mass is 435 g/mol. The Labute approximate surface area is 188 Å². The molecule has 1 N–H and O–H groups in total. The molecular weight excluding hydrogens is 406 g/mol. The predicted molar refractivity (Wildman–Crippen MR) is 123 cm³/mol. The summed E-state index contributed by atoms with van der Waals surface area (Å²) >= 11 is 0. The second kappa shape index (κ2) is 9.42.